The fourth-order valence-corrected chi connectivity index (χ4v) is 4.23. The molecule has 112 valence electrons. The van der Waals surface area contributed by atoms with Gasteiger partial charge >= 0.3 is 11.9 Å². The van der Waals surface area contributed by atoms with Gasteiger partial charge in [0.05, 0.1) is 0 Å². The van der Waals surface area contributed by atoms with Gasteiger partial charge in [0, 0.05) is 9.40 Å². The zero-order chi connectivity index (χ0) is 15.8. The van der Waals surface area contributed by atoms with Crippen LogP contribution in [0.1, 0.15) is 19.3 Å². The summed E-state index contributed by atoms with van der Waals surface area (Å²) in [7, 11) is 0. The van der Waals surface area contributed by atoms with Crippen molar-refractivity contribution in [2.45, 2.75) is 0 Å². The van der Waals surface area contributed by atoms with E-state index in [1.165, 1.54) is 22.7 Å². The van der Waals surface area contributed by atoms with Gasteiger partial charge in [0.1, 0.15) is 9.75 Å². The maximum absolute atomic E-state index is 12.2. The summed E-state index contributed by atoms with van der Waals surface area (Å²) in [5.41, 5.74) is 0. The normalized spacial score (nSPS) is 11.0. The van der Waals surface area contributed by atoms with Crippen molar-refractivity contribution < 1.29 is 14.3 Å². The molecule has 0 saturated heterocycles. The quantitative estimate of drug-likeness (QED) is 0.377. The first kappa shape index (κ1) is 14.1. The van der Waals surface area contributed by atoms with Gasteiger partial charge in [-0.2, -0.15) is 0 Å². The van der Waals surface area contributed by atoms with Crippen LogP contribution < -0.4 is 0 Å². The Bertz CT molecular complexity index is 892. The molecule has 2 aromatic carbocycles. The Morgan fingerprint density at radius 2 is 1.13 bits per heavy atom. The summed E-state index contributed by atoms with van der Waals surface area (Å²) in [5.74, 6) is -1.21. The number of carbonyl (C=O) groups excluding carboxylic acids is 2. The Labute approximate surface area is 139 Å². The Balaban J connectivity index is 1.58. The van der Waals surface area contributed by atoms with Gasteiger partial charge in [-0.15, -0.1) is 22.7 Å². The van der Waals surface area contributed by atoms with Crippen LogP contribution in [0.4, 0.5) is 0 Å². The summed E-state index contributed by atoms with van der Waals surface area (Å²) in [6.07, 6.45) is 0. The molecule has 0 atom stereocenters. The molecular formula is C18H10O3S2. The molecule has 5 heteroatoms. The van der Waals surface area contributed by atoms with Gasteiger partial charge in [0.2, 0.25) is 0 Å². The molecule has 0 spiro atoms. The maximum Gasteiger partial charge on any atom is 0.356 e. The monoisotopic (exact) mass is 338 g/mol. The van der Waals surface area contributed by atoms with E-state index < -0.39 is 11.9 Å². The van der Waals surface area contributed by atoms with Crippen molar-refractivity contribution in [3.05, 3.63) is 70.4 Å². The van der Waals surface area contributed by atoms with Crippen LogP contribution >= 0.6 is 22.7 Å². The second-order valence-electron chi connectivity index (χ2n) is 4.97. The van der Waals surface area contributed by atoms with Gasteiger partial charge in [0.15, 0.2) is 0 Å². The van der Waals surface area contributed by atoms with Gasteiger partial charge < -0.3 is 4.74 Å². The Morgan fingerprint density at radius 3 is 1.57 bits per heavy atom. The fourth-order valence-electron chi connectivity index (χ4n) is 2.35. The number of esters is 2. The number of fused-ring (bicyclic) bond motifs is 2. The number of thiophene rings is 2. The van der Waals surface area contributed by atoms with Crippen LogP contribution in [-0.4, -0.2) is 11.9 Å². The minimum atomic E-state index is -0.603. The first-order valence-corrected chi connectivity index (χ1v) is 8.58. The van der Waals surface area contributed by atoms with Gasteiger partial charge in [-0.3, -0.25) is 0 Å². The van der Waals surface area contributed by atoms with E-state index in [0.717, 1.165) is 20.2 Å². The van der Waals surface area contributed by atoms with Crippen molar-refractivity contribution in [2.75, 3.05) is 0 Å². The van der Waals surface area contributed by atoms with Crippen molar-refractivity contribution in [2.24, 2.45) is 0 Å². The van der Waals surface area contributed by atoms with E-state index in [4.69, 9.17) is 4.74 Å². The van der Waals surface area contributed by atoms with E-state index in [1.54, 1.807) is 12.1 Å². The first-order chi connectivity index (χ1) is 11.2. The summed E-state index contributed by atoms with van der Waals surface area (Å²) >= 11 is 2.65. The molecule has 0 radical (unpaired) electrons. The average Bonchev–Trinajstić information content (AvgIpc) is 3.18. The fraction of sp³-hybridized carbons (Fsp3) is 0. The van der Waals surface area contributed by atoms with Gasteiger partial charge in [-0.05, 0) is 35.0 Å². The number of hydrogen-bond donors (Lipinski definition) is 0. The second kappa shape index (κ2) is 5.61. The molecule has 0 saturated carbocycles. The molecule has 0 aliphatic rings. The van der Waals surface area contributed by atoms with Crippen molar-refractivity contribution in [1.29, 1.82) is 0 Å². The molecule has 0 aliphatic carbocycles. The molecule has 3 nitrogen and oxygen atoms in total. The standard InChI is InChI=1S/C18H10O3S2/c19-17(15-9-11-5-1-3-7-13(11)22-15)21-18(20)16-10-12-6-2-4-8-14(12)23-16/h1-10H. The third kappa shape index (κ3) is 2.65. The highest BCUT2D eigenvalue weighted by Gasteiger charge is 2.19. The van der Waals surface area contributed by atoms with E-state index in [1.807, 2.05) is 48.5 Å². The van der Waals surface area contributed by atoms with Crippen molar-refractivity contribution in [1.82, 2.24) is 0 Å². The molecule has 2 aromatic heterocycles. The zero-order valence-electron chi connectivity index (χ0n) is 11.8. The maximum atomic E-state index is 12.2. The van der Waals surface area contributed by atoms with E-state index >= 15 is 0 Å². The summed E-state index contributed by atoms with van der Waals surface area (Å²) < 4.78 is 7.01. The minimum absolute atomic E-state index is 0.431. The lowest BCUT2D eigenvalue weighted by molar-refractivity contribution is 0.0405. The minimum Gasteiger partial charge on any atom is -0.384 e. The smallest absolute Gasteiger partial charge is 0.356 e. The zero-order valence-corrected chi connectivity index (χ0v) is 13.4. The lowest BCUT2D eigenvalue weighted by atomic mass is 10.2. The highest BCUT2D eigenvalue weighted by molar-refractivity contribution is 7.21. The predicted molar refractivity (Wildman–Crippen MR) is 93.4 cm³/mol. The highest BCUT2D eigenvalue weighted by Crippen LogP contribution is 2.28. The molecule has 0 amide bonds. The van der Waals surface area contributed by atoms with E-state index in [0.29, 0.717) is 9.75 Å². The van der Waals surface area contributed by atoms with Crippen LogP contribution in [0.15, 0.2) is 60.7 Å². The summed E-state index contributed by atoms with van der Waals surface area (Å²) in [6.45, 7) is 0. The largest absolute Gasteiger partial charge is 0.384 e. The molecule has 4 rings (SSSR count). The molecule has 0 unspecified atom stereocenters. The van der Waals surface area contributed by atoms with Crippen molar-refractivity contribution in [3.8, 4) is 0 Å². The van der Waals surface area contributed by atoms with E-state index in [9.17, 15) is 9.59 Å². The van der Waals surface area contributed by atoms with Crippen LogP contribution in [0.5, 0.6) is 0 Å². The lowest BCUT2D eigenvalue weighted by Crippen LogP contribution is -2.10. The molecule has 0 fully saturated rings. The van der Waals surface area contributed by atoms with Crippen LogP contribution in [0, 0.1) is 0 Å². The topological polar surface area (TPSA) is 43.4 Å². The Kier molecular flexibility index (Phi) is 3.44. The molecule has 0 aliphatic heterocycles. The second-order valence-corrected chi connectivity index (χ2v) is 7.14. The van der Waals surface area contributed by atoms with Crippen LogP contribution in [0.25, 0.3) is 20.2 Å². The van der Waals surface area contributed by atoms with E-state index in [2.05, 4.69) is 0 Å². The number of rotatable bonds is 2. The molecular weight excluding hydrogens is 328 g/mol. The number of benzene rings is 2. The average molecular weight is 338 g/mol. The number of carbonyl (C=O) groups is 2. The van der Waals surface area contributed by atoms with Crippen LogP contribution in [0.3, 0.4) is 0 Å². The summed E-state index contributed by atoms with van der Waals surface area (Å²) in [4.78, 5) is 25.2. The summed E-state index contributed by atoms with van der Waals surface area (Å²) in [5, 5.41) is 1.94. The number of hydrogen-bond acceptors (Lipinski definition) is 5. The highest BCUT2D eigenvalue weighted by atomic mass is 32.1. The van der Waals surface area contributed by atoms with E-state index in [-0.39, 0.29) is 0 Å². The molecule has 0 bridgehead atoms. The Morgan fingerprint density at radius 1 is 0.696 bits per heavy atom. The van der Waals surface area contributed by atoms with Gasteiger partial charge in [0.25, 0.3) is 0 Å². The number of ether oxygens (including phenoxy) is 1. The molecule has 2 heterocycles. The predicted octanol–water partition coefficient (Wildman–Crippen LogP) is 5.11. The molecule has 4 aromatic rings. The van der Waals surface area contributed by atoms with Crippen LogP contribution in [-0.2, 0) is 4.74 Å². The van der Waals surface area contributed by atoms with Gasteiger partial charge in [-0.1, -0.05) is 36.4 Å². The Hall–Kier alpha value is -2.50. The van der Waals surface area contributed by atoms with Crippen LogP contribution in [0.2, 0.25) is 0 Å². The lowest BCUT2D eigenvalue weighted by Gasteiger charge is -1.98. The molecule has 0 N–H and O–H groups in total. The van der Waals surface area contributed by atoms with Gasteiger partial charge in [-0.25, -0.2) is 9.59 Å². The van der Waals surface area contributed by atoms with Crippen molar-refractivity contribution >= 4 is 54.8 Å². The third-order valence-corrected chi connectivity index (χ3v) is 5.63. The molecule has 23 heavy (non-hydrogen) atoms. The third-order valence-electron chi connectivity index (χ3n) is 3.44. The first-order valence-electron chi connectivity index (χ1n) is 6.94. The summed E-state index contributed by atoms with van der Waals surface area (Å²) in [6, 6.07) is 18.9. The SMILES string of the molecule is O=C(OC(=O)c1cc2ccccc2s1)c1cc2ccccc2s1. The van der Waals surface area contributed by atoms with Crippen molar-refractivity contribution in [3.63, 3.8) is 0 Å².